The van der Waals surface area contributed by atoms with E-state index in [0.29, 0.717) is 29.2 Å². The fourth-order valence-corrected chi connectivity index (χ4v) is 2.74. The summed E-state index contributed by atoms with van der Waals surface area (Å²) in [4.78, 5) is 11.4. The highest BCUT2D eigenvalue weighted by Gasteiger charge is 2.29. The molecule has 1 rings (SSSR count). The topological polar surface area (TPSA) is 112 Å². The lowest BCUT2D eigenvalue weighted by molar-refractivity contribution is -0.139. The fourth-order valence-electron chi connectivity index (χ4n) is 1.87. The van der Waals surface area contributed by atoms with E-state index in [9.17, 15) is 10.1 Å². The van der Waals surface area contributed by atoms with Gasteiger partial charge in [-0.3, -0.25) is 4.79 Å². The molecule has 1 unspecified atom stereocenters. The average Bonchev–Trinajstić information content (AvgIpc) is 2.44. The van der Waals surface area contributed by atoms with Crippen LogP contribution in [0.25, 0.3) is 0 Å². The zero-order valence-electron chi connectivity index (χ0n) is 11.4. The highest BCUT2D eigenvalue weighted by molar-refractivity contribution is 8.03. The lowest BCUT2D eigenvalue weighted by atomic mass is 9.88. The quantitative estimate of drug-likeness (QED) is 0.735. The van der Waals surface area contributed by atoms with Crippen molar-refractivity contribution in [2.75, 3.05) is 12.4 Å². The Morgan fingerprint density at radius 3 is 2.55 bits per heavy atom. The average molecular weight is 292 g/mol. The van der Waals surface area contributed by atoms with Crippen molar-refractivity contribution in [1.82, 2.24) is 5.32 Å². The summed E-state index contributed by atoms with van der Waals surface area (Å²) < 4.78 is 4.84. The van der Waals surface area contributed by atoms with Crippen LogP contribution in [0.1, 0.15) is 20.3 Å². The monoisotopic (exact) mass is 292 g/mol. The molecule has 0 spiro atoms. The molecular formula is C13H16N4O2S. The Hall–Kier alpha value is -2.12. The van der Waals surface area contributed by atoms with Crippen LogP contribution in [0.2, 0.25) is 0 Å². The van der Waals surface area contributed by atoms with Crippen molar-refractivity contribution in [3.63, 3.8) is 0 Å². The Kier molecular flexibility index (Phi) is 5.95. The molecule has 0 aromatic heterocycles. The van der Waals surface area contributed by atoms with E-state index in [1.807, 2.05) is 13.0 Å². The predicted octanol–water partition coefficient (Wildman–Crippen LogP) is 1.34. The lowest BCUT2D eigenvalue weighted by Crippen LogP contribution is -2.30. The molecule has 1 heterocycles. The molecule has 20 heavy (non-hydrogen) atoms. The Morgan fingerprint density at radius 2 is 2.05 bits per heavy atom. The SMILES string of the molecule is CCOC(=O)CSC1=C(C#N)C(CC)C(C#N)=C(N)N1. The van der Waals surface area contributed by atoms with Gasteiger partial charge in [-0.15, -0.1) is 0 Å². The van der Waals surface area contributed by atoms with Crippen molar-refractivity contribution in [2.24, 2.45) is 11.7 Å². The first kappa shape index (κ1) is 15.9. The molecular weight excluding hydrogens is 276 g/mol. The van der Waals surface area contributed by atoms with E-state index in [2.05, 4.69) is 11.4 Å². The first-order chi connectivity index (χ1) is 9.58. The summed E-state index contributed by atoms with van der Waals surface area (Å²) in [6, 6.07) is 4.13. The van der Waals surface area contributed by atoms with Crippen LogP contribution in [0.4, 0.5) is 0 Å². The van der Waals surface area contributed by atoms with E-state index in [1.54, 1.807) is 6.92 Å². The van der Waals surface area contributed by atoms with Crippen molar-refractivity contribution in [3.05, 3.63) is 22.0 Å². The Balaban J connectivity index is 2.94. The predicted molar refractivity (Wildman–Crippen MR) is 75.5 cm³/mol. The van der Waals surface area contributed by atoms with Crippen LogP contribution in [-0.2, 0) is 9.53 Å². The van der Waals surface area contributed by atoms with Crippen LogP contribution in [0.15, 0.2) is 22.0 Å². The highest BCUT2D eigenvalue weighted by Crippen LogP contribution is 2.34. The molecule has 0 amide bonds. The maximum Gasteiger partial charge on any atom is 0.316 e. The van der Waals surface area contributed by atoms with Gasteiger partial charge in [0.1, 0.15) is 5.82 Å². The summed E-state index contributed by atoms with van der Waals surface area (Å²) in [6.45, 7) is 3.93. The number of esters is 1. The van der Waals surface area contributed by atoms with Gasteiger partial charge in [-0.1, -0.05) is 18.7 Å². The molecule has 106 valence electrons. The molecule has 0 bridgehead atoms. The minimum atomic E-state index is -0.356. The third-order valence-electron chi connectivity index (χ3n) is 2.77. The summed E-state index contributed by atoms with van der Waals surface area (Å²) >= 11 is 1.16. The molecule has 0 aromatic carbocycles. The van der Waals surface area contributed by atoms with Gasteiger partial charge in [0.2, 0.25) is 0 Å². The number of nitrogens with one attached hydrogen (secondary N) is 1. The number of allylic oxidation sites excluding steroid dienone is 2. The van der Waals surface area contributed by atoms with Crippen LogP contribution >= 0.6 is 11.8 Å². The van der Waals surface area contributed by atoms with Crippen LogP contribution < -0.4 is 11.1 Å². The number of dihydropyridines is 1. The first-order valence-corrected chi connectivity index (χ1v) is 7.16. The Morgan fingerprint density at radius 1 is 1.40 bits per heavy atom. The molecule has 6 nitrogen and oxygen atoms in total. The smallest absolute Gasteiger partial charge is 0.316 e. The van der Waals surface area contributed by atoms with Gasteiger partial charge in [0.25, 0.3) is 0 Å². The zero-order chi connectivity index (χ0) is 15.1. The van der Waals surface area contributed by atoms with Crippen molar-refractivity contribution >= 4 is 17.7 Å². The summed E-state index contributed by atoms with van der Waals surface area (Å²) in [7, 11) is 0. The summed E-state index contributed by atoms with van der Waals surface area (Å²) in [5.41, 5.74) is 6.60. The molecule has 1 aliphatic heterocycles. The van der Waals surface area contributed by atoms with Gasteiger partial charge >= 0.3 is 5.97 Å². The maximum atomic E-state index is 11.4. The molecule has 0 radical (unpaired) electrons. The van der Waals surface area contributed by atoms with Crippen LogP contribution in [-0.4, -0.2) is 18.3 Å². The Bertz CT molecular complexity index is 540. The second-order valence-electron chi connectivity index (χ2n) is 3.97. The van der Waals surface area contributed by atoms with Crippen molar-refractivity contribution in [2.45, 2.75) is 20.3 Å². The van der Waals surface area contributed by atoms with E-state index in [-0.39, 0.29) is 23.5 Å². The molecule has 1 aliphatic rings. The van der Waals surface area contributed by atoms with Crippen molar-refractivity contribution in [3.8, 4) is 12.1 Å². The number of nitrogens with zero attached hydrogens (tertiary/aromatic N) is 2. The number of hydrogen-bond acceptors (Lipinski definition) is 7. The standard InChI is InChI=1S/C13H16N4O2S/c1-3-8-9(5-14)12(16)17-13(10(8)6-15)20-7-11(18)19-4-2/h8,17H,3-4,7,16H2,1-2H3. The van der Waals surface area contributed by atoms with Crippen molar-refractivity contribution in [1.29, 1.82) is 10.5 Å². The maximum absolute atomic E-state index is 11.4. The van der Waals surface area contributed by atoms with Crippen LogP contribution in [0.5, 0.6) is 0 Å². The number of carbonyl (C=O) groups excluding carboxylic acids is 1. The lowest BCUT2D eigenvalue weighted by Gasteiger charge is -2.25. The van der Waals surface area contributed by atoms with Gasteiger partial charge in [-0.05, 0) is 13.3 Å². The normalized spacial score (nSPS) is 18.1. The molecule has 0 saturated heterocycles. The van der Waals surface area contributed by atoms with Gasteiger partial charge in [0, 0.05) is 5.92 Å². The summed E-state index contributed by atoms with van der Waals surface area (Å²) in [5, 5.41) is 21.7. The number of hydrogen-bond donors (Lipinski definition) is 2. The van der Waals surface area contributed by atoms with E-state index < -0.39 is 0 Å². The number of rotatable bonds is 5. The molecule has 7 heteroatoms. The number of nitriles is 2. The second-order valence-corrected chi connectivity index (χ2v) is 4.96. The third kappa shape index (κ3) is 3.46. The third-order valence-corrected chi connectivity index (χ3v) is 3.76. The van der Waals surface area contributed by atoms with E-state index in [4.69, 9.17) is 15.7 Å². The van der Waals surface area contributed by atoms with E-state index in [1.165, 1.54) is 0 Å². The summed E-state index contributed by atoms with van der Waals surface area (Å²) in [6.07, 6.45) is 0.595. The zero-order valence-corrected chi connectivity index (χ0v) is 12.2. The number of nitrogens with two attached hydrogens (primary N) is 1. The van der Waals surface area contributed by atoms with E-state index in [0.717, 1.165) is 11.8 Å². The molecule has 3 N–H and O–H groups in total. The minimum Gasteiger partial charge on any atom is -0.465 e. The van der Waals surface area contributed by atoms with Crippen molar-refractivity contribution < 1.29 is 9.53 Å². The summed E-state index contributed by atoms with van der Waals surface area (Å²) in [5.74, 6) is -0.348. The van der Waals surface area contributed by atoms with Gasteiger partial charge in [-0.2, -0.15) is 10.5 Å². The molecule has 0 saturated carbocycles. The molecule has 1 atom stereocenters. The second kappa shape index (κ2) is 7.46. The van der Waals surface area contributed by atoms with Gasteiger partial charge in [-0.25, -0.2) is 0 Å². The Labute approximate surface area is 122 Å². The van der Waals surface area contributed by atoms with Gasteiger partial charge < -0.3 is 15.8 Å². The highest BCUT2D eigenvalue weighted by atomic mass is 32.2. The fraction of sp³-hybridized carbons (Fsp3) is 0.462. The first-order valence-electron chi connectivity index (χ1n) is 6.18. The van der Waals surface area contributed by atoms with Crippen LogP contribution in [0.3, 0.4) is 0 Å². The van der Waals surface area contributed by atoms with E-state index >= 15 is 0 Å². The molecule has 0 aliphatic carbocycles. The van der Waals surface area contributed by atoms with Gasteiger partial charge in [0.15, 0.2) is 0 Å². The largest absolute Gasteiger partial charge is 0.465 e. The minimum absolute atomic E-state index is 0.0902. The number of ether oxygens (including phenoxy) is 1. The van der Waals surface area contributed by atoms with Crippen LogP contribution in [0, 0.1) is 28.6 Å². The molecule has 0 aromatic rings. The number of carbonyl (C=O) groups is 1. The number of thioether (sulfide) groups is 1. The van der Waals surface area contributed by atoms with Gasteiger partial charge in [0.05, 0.1) is 40.7 Å². The molecule has 0 fully saturated rings.